The summed E-state index contributed by atoms with van der Waals surface area (Å²) in [6, 6.07) is 5.83. The molecule has 4 rings (SSSR count). The molecule has 0 amide bonds. The van der Waals surface area contributed by atoms with Gasteiger partial charge in [0.05, 0.1) is 5.69 Å². The SMILES string of the molecule is CC(C)c1ocnc1CN1CCN(c2ccc(-n3cccn3)nn2)CC1. The van der Waals surface area contributed by atoms with Gasteiger partial charge in [-0.3, -0.25) is 4.90 Å². The molecule has 0 saturated carbocycles. The minimum Gasteiger partial charge on any atom is -0.448 e. The summed E-state index contributed by atoms with van der Waals surface area (Å²) in [5.74, 6) is 2.99. The van der Waals surface area contributed by atoms with Gasteiger partial charge in [-0.25, -0.2) is 9.67 Å². The molecule has 0 radical (unpaired) electrons. The number of nitrogens with zero attached hydrogens (tertiary/aromatic N) is 7. The third-order valence-electron chi connectivity index (χ3n) is 4.64. The van der Waals surface area contributed by atoms with Crippen molar-refractivity contribution in [1.29, 1.82) is 0 Å². The first kappa shape index (κ1) is 16.7. The number of oxazole rings is 1. The molecule has 1 fully saturated rings. The summed E-state index contributed by atoms with van der Waals surface area (Å²) in [6.07, 6.45) is 5.14. The fraction of sp³-hybridized carbons (Fsp3) is 0.444. The third-order valence-corrected chi connectivity index (χ3v) is 4.64. The van der Waals surface area contributed by atoms with Crippen LogP contribution in [0.4, 0.5) is 5.82 Å². The Hall–Kier alpha value is -2.74. The van der Waals surface area contributed by atoms with Crippen LogP contribution >= 0.6 is 0 Å². The van der Waals surface area contributed by atoms with Crippen LogP contribution in [0, 0.1) is 0 Å². The second-order valence-electron chi connectivity index (χ2n) is 6.78. The maximum atomic E-state index is 5.53. The Bertz CT molecular complexity index is 818. The van der Waals surface area contributed by atoms with Gasteiger partial charge in [0.2, 0.25) is 0 Å². The largest absolute Gasteiger partial charge is 0.448 e. The third kappa shape index (κ3) is 3.45. The van der Waals surface area contributed by atoms with Crippen molar-refractivity contribution in [3.8, 4) is 5.82 Å². The van der Waals surface area contributed by atoms with Crippen molar-refractivity contribution < 1.29 is 4.42 Å². The summed E-state index contributed by atoms with van der Waals surface area (Å²) in [5, 5.41) is 12.8. The summed E-state index contributed by atoms with van der Waals surface area (Å²) in [7, 11) is 0. The molecule has 1 aliphatic heterocycles. The molecule has 136 valence electrons. The van der Waals surface area contributed by atoms with Crippen molar-refractivity contribution in [2.45, 2.75) is 26.3 Å². The Kier molecular flexibility index (Phi) is 4.66. The van der Waals surface area contributed by atoms with Crippen molar-refractivity contribution in [2.75, 3.05) is 31.1 Å². The number of aromatic nitrogens is 5. The average molecular weight is 353 g/mol. The van der Waals surface area contributed by atoms with Gasteiger partial charge < -0.3 is 9.32 Å². The Morgan fingerprint density at radius 3 is 2.50 bits per heavy atom. The van der Waals surface area contributed by atoms with Crippen molar-refractivity contribution >= 4 is 5.82 Å². The molecule has 0 atom stereocenters. The lowest BCUT2D eigenvalue weighted by Gasteiger charge is -2.34. The Morgan fingerprint density at radius 1 is 1.08 bits per heavy atom. The maximum Gasteiger partial charge on any atom is 0.181 e. The highest BCUT2D eigenvalue weighted by atomic mass is 16.3. The van der Waals surface area contributed by atoms with E-state index in [9.17, 15) is 0 Å². The zero-order valence-corrected chi connectivity index (χ0v) is 15.1. The van der Waals surface area contributed by atoms with Crippen molar-refractivity contribution in [1.82, 2.24) is 29.9 Å². The van der Waals surface area contributed by atoms with E-state index in [-0.39, 0.29) is 0 Å². The molecule has 26 heavy (non-hydrogen) atoms. The molecule has 8 heteroatoms. The van der Waals surface area contributed by atoms with Crippen LogP contribution in [0.15, 0.2) is 41.4 Å². The van der Waals surface area contributed by atoms with E-state index in [1.165, 1.54) is 0 Å². The van der Waals surface area contributed by atoms with Gasteiger partial charge >= 0.3 is 0 Å². The predicted molar refractivity (Wildman–Crippen MR) is 97.2 cm³/mol. The lowest BCUT2D eigenvalue weighted by Crippen LogP contribution is -2.46. The van der Waals surface area contributed by atoms with Crippen LogP contribution in [0.3, 0.4) is 0 Å². The first-order valence-electron chi connectivity index (χ1n) is 8.94. The predicted octanol–water partition coefficient (Wildman–Crippen LogP) is 2.10. The van der Waals surface area contributed by atoms with Gasteiger partial charge in [-0.1, -0.05) is 13.8 Å². The Morgan fingerprint density at radius 2 is 1.85 bits per heavy atom. The first-order valence-corrected chi connectivity index (χ1v) is 8.94. The molecule has 8 nitrogen and oxygen atoms in total. The number of piperazine rings is 1. The molecule has 1 aliphatic rings. The molecule has 0 N–H and O–H groups in total. The Balaban J connectivity index is 1.35. The van der Waals surface area contributed by atoms with Gasteiger partial charge in [0.25, 0.3) is 0 Å². The van der Waals surface area contributed by atoms with E-state index < -0.39 is 0 Å². The van der Waals surface area contributed by atoms with Crippen LogP contribution in [0.1, 0.15) is 31.2 Å². The molecule has 0 aliphatic carbocycles. The van der Waals surface area contributed by atoms with Crippen LogP contribution in [-0.4, -0.2) is 56.0 Å². The van der Waals surface area contributed by atoms with Gasteiger partial charge in [0.15, 0.2) is 18.0 Å². The van der Waals surface area contributed by atoms with E-state index in [4.69, 9.17) is 4.42 Å². The second-order valence-corrected chi connectivity index (χ2v) is 6.78. The highest BCUT2D eigenvalue weighted by Crippen LogP contribution is 2.21. The topological polar surface area (TPSA) is 76.1 Å². The molecular weight excluding hydrogens is 330 g/mol. The summed E-state index contributed by atoms with van der Waals surface area (Å²) < 4.78 is 7.23. The molecule has 1 saturated heterocycles. The molecule has 0 aromatic carbocycles. The average Bonchev–Trinajstić information content (AvgIpc) is 3.34. The minimum absolute atomic E-state index is 0.359. The fourth-order valence-corrected chi connectivity index (χ4v) is 3.23. The summed E-state index contributed by atoms with van der Waals surface area (Å²) >= 11 is 0. The van der Waals surface area contributed by atoms with Crippen LogP contribution in [0.5, 0.6) is 0 Å². The lowest BCUT2D eigenvalue weighted by molar-refractivity contribution is 0.244. The number of rotatable bonds is 5. The van der Waals surface area contributed by atoms with E-state index in [2.05, 4.69) is 43.9 Å². The standard InChI is InChI=1S/C18H23N7O/c1-14(2)18-15(19-13-26-18)12-23-8-10-24(11-9-23)16-4-5-17(22-21-16)25-7-3-6-20-25/h3-7,13-14H,8-12H2,1-2H3. The number of anilines is 1. The van der Waals surface area contributed by atoms with Crippen LogP contribution < -0.4 is 4.90 Å². The highest BCUT2D eigenvalue weighted by Gasteiger charge is 2.21. The van der Waals surface area contributed by atoms with E-state index in [1.54, 1.807) is 17.3 Å². The molecule has 3 aromatic rings. The monoisotopic (exact) mass is 353 g/mol. The number of hydrogen-bond acceptors (Lipinski definition) is 7. The second kappa shape index (κ2) is 7.25. The quantitative estimate of drug-likeness (QED) is 0.695. The highest BCUT2D eigenvalue weighted by molar-refractivity contribution is 5.40. The van der Waals surface area contributed by atoms with Crippen LogP contribution in [0.2, 0.25) is 0 Å². The molecule has 4 heterocycles. The molecule has 0 bridgehead atoms. The van der Waals surface area contributed by atoms with Gasteiger partial charge in [0.1, 0.15) is 5.76 Å². The summed E-state index contributed by atoms with van der Waals surface area (Å²) in [5.41, 5.74) is 1.05. The van der Waals surface area contributed by atoms with Gasteiger partial charge in [-0.2, -0.15) is 5.10 Å². The zero-order valence-electron chi connectivity index (χ0n) is 15.1. The van der Waals surface area contributed by atoms with Crippen molar-refractivity contribution in [3.05, 3.63) is 48.4 Å². The summed E-state index contributed by atoms with van der Waals surface area (Å²) in [4.78, 5) is 9.07. The van der Waals surface area contributed by atoms with E-state index in [1.807, 2.05) is 24.4 Å². The van der Waals surface area contributed by atoms with Crippen molar-refractivity contribution in [3.63, 3.8) is 0 Å². The molecule has 0 unspecified atom stereocenters. The van der Waals surface area contributed by atoms with Gasteiger partial charge in [-0.15, -0.1) is 10.2 Å². The minimum atomic E-state index is 0.359. The van der Waals surface area contributed by atoms with Gasteiger partial charge in [-0.05, 0) is 18.2 Å². The fourth-order valence-electron chi connectivity index (χ4n) is 3.23. The smallest absolute Gasteiger partial charge is 0.181 e. The van der Waals surface area contributed by atoms with E-state index in [0.717, 1.165) is 55.8 Å². The summed E-state index contributed by atoms with van der Waals surface area (Å²) in [6.45, 7) is 8.87. The zero-order chi connectivity index (χ0) is 17.9. The Labute approximate surface area is 152 Å². The lowest BCUT2D eigenvalue weighted by atomic mass is 10.1. The first-order chi connectivity index (χ1) is 12.7. The normalized spacial score (nSPS) is 15.7. The van der Waals surface area contributed by atoms with E-state index >= 15 is 0 Å². The molecular formula is C18H23N7O. The molecule has 3 aromatic heterocycles. The molecule has 0 spiro atoms. The number of hydrogen-bond donors (Lipinski definition) is 0. The van der Waals surface area contributed by atoms with Crippen LogP contribution in [0.25, 0.3) is 5.82 Å². The van der Waals surface area contributed by atoms with Gasteiger partial charge in [0, 0.05) is 51.0 Å². The van der Waals surface area contributed by atoms with Crippen LogP contribution in [-0.2, 0) is 6.54 Å². The van der Waals surface area contributed by atoms with E-state index in [0.29, 0.717) is 5.92 Å². The van der Waals surface area contributed by atoms with Crippen molar-refractivity contribution in [2.24, 2.45) is 0 Å². The maximum absolute atomic E-state index is 5.53.